The molecule has 39 heavy (non-hydrogen) atoms. The van der Waals surface area contributed by atoms with Crippen molar-refractivity contribution in [2.24, 2.45) is 5.92 Å². The molecular formula is C29H30O10. The van der Waals surface area contributed by atoms with E-state index in [0.717, 1.165) is 5.56 Å². The third-order valence-corrected chi connectivity index (χ3v) is 5.96. The molecule has 0 spiro atoms. The molecule has 0 radical (unpaired) electrons. The molecule has 1 atom stereocenters. The first-order valence-corrected chi connectivity index (χ1v) is 11.8. The number of carbonyl (C=O) groups is 3. The summed E-state index contributed by atoms with van der Waals surface area (Å²) >= 11 is 0. The summed E-state index contributed by atoms with van der Waals surface area (Å²) in [5.41, 5.74) is 0.957. The van der Waals surface area contributed by atoms with Crippen molar-refractivity contribution in [3.8, 4) is 34.5 Å². The number of ether oxygens (including phenoxy) is 6. The quantitative estimate of drug-likeness (QED) is 0.232. The first kappa shape index (κ1) is 28.8. The Hall–Kier alpha value is -4.73. The van der Waals surface area contributed by atoms with Crippen LogP contribution in [0.15, 0.2) is 54.6 Å². The molecule has 0 fully saturated rings. The number of benzene rings is 3. The van der Waals surface area contributed by atoms with Crippen LogP contribution in [-0.2, 0) is 11.4 Å². The van der Waals surface area contributed by atoms with E-state index < -0.39 is 29.9 Å². The number of hydrogen-bond donors (Lipinski definition) is 1. The third kappa shape index (κ3) is 6.59. The molecule has 1 N–H and O–H groups in total. The molecule has 0 bridgehead atoms. The molecule has 0 aliphatic heterocycles. The van der Waals surface area contributed by atoms with Crippen LogP contribution in [0.5, 0.6) is 34.5 Å². The van der Waals surface area contributed by atoms with E-state index in [-0.39, 0.29) is 52.2 Å². The maximum absolute atomic E-state index is 13.4. The van der Waals surface area contributed by atoms with Crippen molar-refractivity contribution in [3.05, 3.63) is 71.3 Å². The van der Waals surface area contributed by atoms with Crippen molar-refractivity contribution >= 4 is 17.5 Å². The summed E-state index contributed by atoms with van der Waals surface area (Å²) in [6, 6.07) is 14.9. The molecule has 10 nitrogen and oxygen atoms in total. The van der Waals surface area contributed by atoms with E-state index in [9.17, 15) is 19.5 Å². The van der Waals surface area contributed by atoms with Crippen LogP contribution in [-0.4, -0.2) is 58.2 Å². The lowest BCUT2D eigenvalue weighted by Gasteiger charge is -2.17. The fourth-order valence-electron chi connectivity index (χ4n) is 3.95. The Morgan fingerprint density at radius 1 is 0.692 bits per heavy atom. The second-order valence-electron chi connectivity index (χ2n) is 8.28. The van der Waals surface area contributed by atoms with E-state index in [2.05, 4.69) is 0 Å². The Labute approximate surface area is 226 Å². The lowest BCUT2D eigenvalue weighted by atomic mass is 9.90. The van der Waals surface area contributed by atoms with Crippen LogP contribution in [0.3, 0.4) is 0 Å². The van der Waals surface area contributed by atoms with Gasteiger partial charge >= 0.3 is 5.97 Å². The zero-order valence-electron chi connectivity index (χ0n) is 22.3. The highest BCUT2D eigenvalue weighted by Crippen LogP contribution is 2.41. The highest BCUT2D eigenvalue weighted by atomic mass is 16.5. The molecule has 10 heteroatoms. The molecule has 3 rings (SSSR count). The molecule has 0 aliphatic rings. The van der Waals surface area contributed by atoms with Gasteiger partial charge in [0, 0.05) is 17.5 Å². The lowest BCUT2D eigenvalue weighted by Crippen LogP contribution is -2.27. The predicted octanol–water partition coefficient (Wildman–Crippen LogP) is 4.47. The third-order valence-electron chi connectivity index (χ3n) is 5.96. The monoisotopic (exact) mass is 538 g/mol. The molecule has 3 aromatic carbocycles. The Kier molecular flexibility index (Phi) is 9.75. The van der Waals surface area contributed by atoms with Gasteiger partial charge in [-0.05, 0) is 29.8 Å². The molecular weight excluding hydrogens is 508 g/mol. The predicted molar refractivity (Wildman–Crippen MR) is 141 cm³/mol. The second kappa shape index (κ2) is 13.2. The molecule has 0 aliphatic carbocycles. The van der Waals surface area contributed by atoms with Crippen LogP contribution in [0.1, 0.15) is 32.7 Å². The average molecular weight is 539 g/mol. The van der Waals surface area contributed by atoms with Gasteiger partial charge in [0.2, 0.25) is 11.5 Å². The van der Waals surface area contributed by atoms with E-state index in [4.69, 9.17) is 28.4 Å². The van der Waals surface area contributed by atoms with Gasteiger partial charge in [-0.2, -0.15) is 0 Å². The summed E-state index contributed by atoms with van der Waals surface area (Å²) in [6.45, 7) is 0.167. The van der Waals surface area contributed by atoms with Crippen molar-refractivity contribution in [3.63, 3.8) is 0 Å². The summed E-state index contributed by atoms with van der Waals surface area (Å²) in [7, 11) is 7.01. The van der Waals surface area contributed by atoms with Gasteiger partial charge in [-0.25, -0.2) is 0 Å². The number of methoxy groups -OCH3 is 5. The van der Waals surface area contributed by atoms with Crippen LogP contribution in [0.25, 0.3) is 0 Å². The number of rotatable bonds is 14. The van der Waals surface area contributed by atoms with Crippen molar-refractivity contribution in [2.75, 3.05) is 35.5 Å². The number of hydrogen-bond acceptors (Lipinski definition) is 9. The molecule has 3 aromatic rings. The van der Waals surface area contributed by atoms with E-state index in [0.29, 0.717) is 0 Å². The van der Waals surface area contributed by atoms with Gasteiger partial charge < -0.3 is 33.5 Å². The maximum atomic E-state index is 13.4. The highest BCUT2D eigenvalue weighted by Gasteiger charge is 2.32. The fourth-order valence-corrected chi connectivity index (χ4v) is 3.95. The first-order chi connectivity index (χ1) is 18.8. The van der Waals surface area contributed by atoms with Crippen LogP contribution in [0.4, 0.5) is 0 Å². The van der Waals surface area contributed by atoms with Gasteiger partial charge in [-0.15, -0.1) is 0 Å². The van der Waals surface area contributed by atoms with Crippen LogP contribution in [0, 0.1) is 5.92 Å². The standard InChI is InChI=1S/C29H30O10/c1-34-22-11-18(12-23(35-2)27(22)37-4)21(30)15-20(29(32)33)26(31)19-13-24(36-3)28(38-5)25(14-19)39-16-17-9-7-6-8-10-17/h6-14,20H,15-16H2,1-5H3,(H,32,33). The highest BCUT2D eigenvalue weighted by molar-refractivity contribution is 6.12. The number of carbonyl (C=O) groups excluding carboxylic acids is 2. The Balaban J connectivity index is 1.94. The van der Waals surface area contributed by atoms with Gasteiger partial charge in [0.1, 0.15) is 12.5 Å². The normalized spacial score (nSPS) is 11.2. The molecule has 0 saturated heterocycles. The summed E-state index contributed by atoms with van der Waals surface area (Å²) in [5, 5.41) is 9.90. The molecule has 206 valence electrons. The van der Waals surface area contributed by atoms with Gasteiger partial charge in [0.15, 0.2) is 34.6 Å². The van der Waals surface area contributed by atoms with Gasteiger partial charge in [0.05, 0.1) is 35.5 Å². The Morgan fingerprint density at radius 2 is 1.18 bits per heavy atom. The first-order valence-electron chi connectivity index (χ1n) is 11.8. The fraction of sp³-hybridized carbons (Fsp3) is 0.276. The molecule has 0 saturated carbocycles. The minimum Gasteiger partial charge on any atom is -0.493 e. The second-order valence-corrected chi connectivity index (χ2v) is 8.28. The summed E-state index contributed by atoms with van der Waals surface area (Å²) < 4.78 is 32.5. The van der Waals surface area contributed by atoms with Crippen LogP contribution in [0.2, 0.25) is 0 Å². The van der Waals surface area contributed by atoms with E-state index in [1.807, 2.05) is 30.3 Å². The number of Topliss-reactive ketones (excluding diaryl/α,β-unsaturated/α-hetero) is 2. The van der Waals surface area contributed by atoms with E-state index in [1.165, 1.54) is 59.8 Å². The Bertz CT molecular complexity index is 1310. The van der Waals surface area contributed by atoms with Crippen molar-refractivity contribution < 1.29 is 47.9 Å². The van der Waals surface area contributed by atoms with Crippen LogP contribution >= 0.6 is 0 Å². The zero-order valence-corrected chi connectivity index (χ0v) is 22.3. The molecule has 0 heterocycles. The van der Waals surface area contributed by atoms with Crippen LogP contribution < -0.4 is 28.4 Å². The average Bonchev–Trinajstić information content (AvgIpc) is 2.97. The number of carboxylic acid groups (broad SMARTS) is 1. The largest absolute Gasteiger partial charge is 0.493 e. The Morgan fingerprint density at radius 3 is 1.67 bits per heavy atom. The zero-order chi connectivity index (χ0) is 28.5. The topological polar surface area (TPSA) is 127 Å². The van der Waals surface area contributed by atoms with Gasteiger partial charge in [-0.1, -0.05) is 30.3 Å². The minimum absolute atomic E-state index is 0.0131. The minimum atomic E-state index is -1.68. The molecule has 0 amide bonds. The number of carboxylic acids is 1. The molecule has 0 aromatic heterocycles. The van der Waals surface area contributed by atoms with Gasteiger partial charge in [0.25, 0.3) is 0 Å². The van der Waals surface area contributed by atoms with E-state index >= 15 is 0 Å². The summed E-state index contributed by atoms with van der Waals surface area (Å²) in [4.78, 5) is 38.8. The van der Waals surface area contributed by atoms with Crippen molar-refractivity contribution in [1.29, 1.82) is 0 Å². The smallest absolute Gasteiger partial charge is 0.314 e. The maximum Gasteiger partial charge on any atom is 0.314 e. The van der Waals surface area contributed by atoms with E-state index in [1.54, 1.807) is 0 Å². The SMILES string of the molecule is COc1cc(C(=O)CC(C(=O)O)C(=O)c2cc(OC)c(OC)c(OCc3ccccc3)c2)cc(OC)c1OC. The van der Waals surface area contributed by atoms with Gasteiger partial charge in [-0.3, -0.25) is 14.4 Å². The van der Waals surface area contributed by atoms with Crippen molar-refractivity contribution in [2.45, 2.75) is 13.0 Å². The number of aliphatic carboxylic acids is 1. The summed E-state index contributed by atoms with van der Waals surface area (Å²) in [5.74, 6) is -3.22. The molecule has 1 unspecified atom stereocenters. The van der Waals surface area contributed by atoms with Crippen molar-refractivity contribution in [1.82, 2.24) is 0 Å². The summed E-state index contributed by atoms with van der Waals surface area (Å²) in [6.07, 6.45) is -0.610. The number of ketones is 2. The lowest BCUT2D eigenvalue weighted by molar-refractivity contribution is -0.139.